The van der Waals surface area contributed by atoms with Crippen LogP contribution in [-0.4, -0.2) is 79.7 Å². The number of anilines is 2. The summed E-state index contributed by atoms with van der Waals surface area (Å²) >= 11 is 0. The largest absolute Gasteiger partial charge is 0.383 e. The number of carbonyl (C=O) groups is 3. The van der Waals surface area contributed by atoms with E-state index in [4.69, 9.17) is 10.5 Å². The molecule has 1 heterocycles. The Bertz CT molecular complexity index is 1110. The number of nitrogens with two attached hydrogens (primary N) is 1. The third-order valence-corrected chi connectivity index (χ3v) is 8.29. The molecule has 2 atom stereocenters. The summed E-state index contributed by atoms with van der Waals surface area (Å²) < 4.78 is 5.30. The van der Waals surface area contributed by atoms with Gasteiger partial charge < -0.3 is 36.2 Å². The standard InChI is InChI=1S/C31H44N6O4/c1-41-19-18-36(30(39)34-25-8-4-2-5-9-25)27-16-17-37(31(40)35-26-10-6-3-7-11-26)28(20-27)29(38)33-22-24-14-12-23(21-32)13-15-24/h2-11,23-24,27-28H,12-22,32H2,1H3,(H,33,38)(H,34,39)(H,35,40)/t23?,24?,27?,28-/m1/s1. The molecule has 2 aromatic rings. The molecule has 5 amide bonds. The Kier molecular flexibility index (Phi) is 11.4. The summed E-state index contributed by atoms with van der Waals surface area (Å²) in [5.41, 5.74) is 7.20. The molecule has 222 valence electrons. The number of nitrogens with zero attached hydrogens (tertiary/aromatic N) is 2. The topological polar surface area (TPSA) is 129 Å². The van der Waals surface area contributed by atoms with Crippen molar-refractivity contribution in [3.05, 3.63) is 60.7 Å². The van der Waals surface area contributed by atoms with Crippen molar-refractivity contribution in [2.45, 2.75) is 50.6 Å². The molecule has 10 heteroatoms. The van der Waals surface area contributed by atoms with Crippen molar-refractivity contribution in [3.8, 4) is 0 Å². The molecule has 2 aromatic carbocycles. The first-order valence-electron chi connectivity index (χ1n) is 14.7. The zero-order valence-corrected chi connectivity index (χ0v) is 24.0. The van der Waals surface area contributed by atoms with Crippen LogP contribution < -0.4 is 21.7 Å². The van der Waals surface area contributed by atoms with Gasteiger partial charge in [-0.3, -0.25) is 4.79 Å². The summed E-state index contributed by atoms with van der Waals surface area (Å²) in [4.78, 5) is 43.8. The third kappa shape index (κ3) is 8.68. The highest BCUT2D eigenvalue weighted by Gasteiger charge is 2.40. The maximum atomic E-state index is 13.7. The highest BCUT2D eigenvalue weighted by molar-refractivity contribution is 5.94. The van der Waals surface area contributed by atoms with Gasteiger partial charge in [-0.05, 0) is 81.2 Å². The number of hydrogen-bond donors (Lipinski definition) is 4. The van der Waals surface area contributed by atoms with E-state index in [2.05, 4.69) is 16.0 Å². The lowest BCUT2D eigenvalue weighted by Crippen LogP contribution is -2.59. The Labute approximate surface area is 243 Å². The number of nitrogens with one attached hydrogen (secondary N) is 3. The fourth-order valence-corrected chi connectivity index (χ4v) is 5.83. The lowest BCUT2D eigenvalue weighted by molar-refractivity contribution is -0.127. The average molecular weight is 565 g/mol. The van der Waals surface area contributed by atoms with Gasteiger partial charge in [0.1, 0.15) is 6.04 Å². The Morgan fingerprint density at radius 2 is 1.51 bits per heavy atom. The summed E-state index contributed by atoms with van der Waals surface area (Å²) in [6, 6.07) is 17.0. The van der Waals surface area contributed by atoms with E-state index in [1.165, 1.54) is 0 Å². The first-order valence-corrected chi connectivity index (χ1v) is 14.7. The number of amides is 5. The van der Waals surface area contributed by atoms with Crippen LogP contribution in [0.15, 0.2) is 60.7 Å². The molecule has 41 heavy (non-hydrogen) atoms. The van der Waals surface area contributed by atoms with Gasteiger partial charge in [-0.25, -0.2) is 9.59 Å². The molecule has 1 aliphatic heterocycles. The van der Waals surface area contributed by atoms with Gasteiger partial charge in [0.15, 0.2) is 0 Å². The summed E-state index contributed by atoms with van der Waals surface area (Å²) in [5, 5.41) is 9.03. The van der Waals surface area contributed by atoms with Crippen molar-refractivity contribution in [3.63, 3.8) is 0 Å². The molecule has 1 unspecified atom stereocenters. The first kappa shape index (κ1) is 30.3. The quantitative estimate of drug-likeness (QED) is 0.345. The van der Waals surface area contributed by atoms with Crippen molar-refractivity contribution in [2.24, 2.45) is 17.6 Å². The highest BCUT2D eigenvalue weighted by Crippen LogP contribution is 2.28. The molecule has 1 saturated heterocycles. The summed E-state index contributed by atoms with van der Waals surface area (Å²) in [6.07, 6.45) is 5.12. The molecule has 1 aliphatic carbocycles. The second kappa shape index (κ2) is 15.4. The molecule has 2 aliphatic rings. The summed E-state index contributed by atoms with van der Waals surface area (Å²) in [5.74, 6) is 0.787. The van der Waals surface area contributed by atoms with Gasteiger partial charge in [0.2, 0.25) is 5.91 Å². The Morgan fingerprint density at radius 3 is 2.12 bits per heavy atom. The number of benzene rings is 2. The molecular formula is C31H44N6O4. The van der Waals surface area contributed by atoms with Crippen LogP contribution in [0.4, 0.5) is 21.0 Å². The van der Waals surface area contributed by atoms with Crippen LogP contribution in [0.3, 0.4) is 0 Å². The molecule has 10 nitrogen and oxygen atoms in total. The Hall–Kier alpha value is -3.63. The van der Waals surface area contributed by atoms with Gasteiger partial charge in [0.25, 0.3) is 0 Å². The lowest BCUT2D eigenvalue weighted by atomic mass is 9.82. The maximum absolute atomic E-state index is 13.7. The van der Waals surface area contributed by atoms with Crippen LogP contribution in [0.1, 0.15) is 38.5 Å². The fourth-order valence-electron chi connectivity index (χ4n) is 5.83. The number of carbonyl (C=O) groups excluding carboxylic acids is 3. The van der Waals surface area contributed by atoms with Crippen molar-refractivity contribution < 1.29 is 19.1 Å². The van der Waals surface area contributed by atoms with Gasteiger partial charge in [-0.15, -0.1) is 0 Å². The van der Waals surface area contributed by atoms with Gasteiger partial charge in [-0.1, -0.05) is 36.4 Å². The number of rotatable bonds is 10. The van der Waals surface area contributed by atoms with Crippen LogP contribution >= 0.6 is 0 Å². The first-order chi connectivity index (χ1) is 20.0. The number of para-hydroxylation sites is 2. The third-order valence-electron chi connectivity index (χ3n) is 8.29. The average Bonchev–Trinajstić information content (AvgIpc) is 3.01. The van der Waals surface area contributed by atoms with Gasteiger partial charge in [0, 0.05) is 44.2 Å². The van der Waals surface area contributed by atoms with E-state index in [9.17, 15) is 14.4 Å². The summed E-state index contributed by atoms with van der Waals surface area (Å²) in [6.45, 7) is 2.36. The van der Waals surface area contributed by atoms with Gasteiger partial charge in [0.05, 0.1) is 6.61 Å². The number of piperidine rings is 1. The monoisotopic (exact) mass is 564 g/mol. The van der Waals surface area contributed by atoms with E-state index in [1.807, 2.05) is 60.7 Å². The van der Waals surface area contributed by atoms with E-state index >= 15 is 0 Å². The molecule has 2 fully saturated rings. The van der Waals surface area contributed by atoms with Crippen molar-refractivity contribution in [1.29, 1.82) is 0 Å². The highest BCUT2D eigenvalue weighted by atomic mass is 16.5. The zero-order valence-electron chi connectivity index (χ0n) is 24.0. The molecular weight excluding hydrogens is 520 g/mol. The lowest BCUT2D eigenvalue weighted by Gasteiger charge is -2.42. The van der Waals surface area contributed by atoms with Gasteiger partial charge in [-0.2, -0.15) is 0 Å². The second-order valence-corrected chi connectivity index (χ2v) is 11.0. The fraction of sp³-hybridized carbons (Fsp3) is 0.516. The predicted molar refractivity (Wildman–Crippen MR) is 161 cm³/mol. The van der Waals surface area contributed by atoms with Crippen LogP contribution in [0.5, 0.6) is 0 Å². The minimum Gasteiger partial charge on any atom is -0.383 e. The summed E-state index contributed by atoms with van der Waals surface area (Å²) in [7, 11) is 1.60. The molecule has 0 spiro atoms. The van der Waals surface area contributed by atoms with Crippen molar-refractivity contribution >= 4 is 29.3 Å². The Morgan fingerprint density at radius 1 is 0.902 bits per heavy atom. The molecule has 0 bridgehead atoms. The van der Waals surface area contributed by atoms with E-state index < -0.39 is 6.04 Å². The van der Waals surface area contributed by atoms with E-state index in [0.29, 0.717) is 68.8 Å². The Balaban J connectivity index is 1.47. The number of hydrogen-bond acceptors (Lipinski definition) is 5. The normalized spacial score (nSPS) is 22.4. The predicted octanol–water partition coefficient (Wildman–Crippen LogP) is 4.11. The smallest absolute Gasteiger partial charge is 0.322 e. The molecule has 4 rings (SSSR count). The van der Waals surface area contributed by atoms with Crippen LogP contribution in [-0.2, 0) is 9.53 Å². The van der Waals surface area contributed by atoms with E-state index in [-0.39, 0.29) is 24.0 Å². The number of urea groups is 2. The molecule has 0 aromatic heterocycles. The maximum Gasteiger partial charge on any atom is 0.322 e. The van der Waals surface area contributed by atoms with Crippen molar-refractivity contribution in [1.82, 2.24) is 15.1 Å². The minimum absolute atomic E-state index is 0.186. The number of ether oxygens (including phenoxy) is 1. The number of methoxy groups -OCH3 is 1. The van der Waals surface area contributed by atoms with E-state index in [0.717, 1.165) is 25.7 Å². The van der Waals surface area contributed by atoms with Gasteiger partial charge >= 0.3 is 12.1 Å². The van der Waals surface area contributed by atoms with Crippen LogP contribution in [0.2, 0.25) is 0 Å². The number of likely N-dealkylation sites (tertiary alicyclic amines) is 1. The molecule has 5 N–H and O–H groups in total. The van der Waals surface area contributed by atoms with E-state index in [1.54, 1.807) is 16.9 Å². The SMILES string of the molecule is COCCN(C(=O)Nc1ccccc1)C1CCN(C(=O)Nc2ccccc2)[C@@H](C(=O)NCC2CCC(CN)CC2)C1. The van der Waals surface area contributed by atoms with Crippen molar-refractivity contribution in [2.75, 3.05) is 50.5 Å². The second-order valence-electron chi connectivity index (χ2n) is 11.0. The molecule has 0 radical (unpaired) electrons. The zero-order chi connectivity index (χ0) is 29.0. The van der Waals surface area contributed by atoms with Crippen LogP contribution in [0.25, 0.3) is 0 Å². The van der Waals surface area contributed by atoms with Crippen LogP contribution in [0, 0.1) is 11.8 Å². The molecule has 1 saturated carbocycles. The minimum atomic E-state index is -0.715.